The van der Waals surface area contributed by atoms with E-state index in [-0.39, 0.29) is 17.9 Å². The highest BCUT2D eigenvalue weighted by atomic mass is 16.2. The molecule has 4 atom stereocenters. The van der Waals surface area contributed by atoms with Crippen molar-refractivity contribution in [1.82, 2.24) is 9.80 Å². The standard InChI is InChI=1S/C17H19N3O2/c1-11-15(21)20-13(16(22)19(11)3)9-17(2,10-18)14(20)12-7-5-4-6-8-12/h4-8,11,13-14H,9H2,1-3H3/t11-,13+,14+,17-/m1/s1. The Morgan fingerprint density at radius 2 is 1.86 bits per heavy atom. The molecule has 2 amide bonds. The minimum Gasteiger partial charge on any atom is -0.332 e. The van der Waals surface area contributed by atoms with Gasteiger partial charge in [-0.15, -0.1) is 0 Å². The zero-order valence-corrected chi connectivity index (χ0v) is 13.0. The van der Waals surface area contributed by atoms with Crippen LogP contribution in [0.5, 0.6) is 0 Å². The highest BCUT2D eigenvalue weighted by molar-refractivity contribution is 5.97. The Kier molecular flexibility index (Phi) is 3.21. The van der Waals surface area contributed by atoms with Crippen molar-refractivity contribution in [2.24, 2.45) is 5.41 Å². The number of nitrogens with zero attached hydrogens (tertiary/aromatic N) is 3. The van der Waals surface area contributed by atoms with Gasteiger partial charge in [-0.25, -0.2) is 0 Å². The van der Waals surface area contributed by atoms with Gasteiger partial charge in [-0.3, -0.25) is 9.59 Å². The molecular weight excluding hydrogens is 278 g/mol. The molecule has 1 aromatic rings. The Morgan fingerprint density at radius 3 is 2.45 bits per heavy atom. The maximum absolute atomic E-state index is 12.8. The van der Waals surface area contributed by atoms with E-state index >= 15 is 0 Å². The third-order valence-electron chi connectivity index (χ3n) is 5.03. The molecule has 2 heterocycles. The molecule has 0 unspecified atom stereocenters. The molecule has 114 valence electrons. The molecule has 0 spiro atoms. The lowest BCUT2D eigenvalue weighted by Gasteiger charge is -2.42. The molecular formula is C17H19N3O2. The first-order chi connectivity index (χ1) is 10.4. The van der Waals surface area contributed by atoms with Gasteiger partial charge in [0.25, 0.3) is 0 Å². The molecule has 2 fully saturated rings. The lowest BCUT2D eigenvalue weighted by atomic mass is 9.79. The van der Waals surface area contributed by atoms with Gasteiger partial charge in [-0.2, -0.15) is 5.26 Å². The van der Waals surface area contributed by atoms with Crippen molar-refractivity contribution in [1.29, 1.82) is 5.26 Å². The third kappa shape index (κ3) is 1.83. The van der Waals surface area contributed by atoms with Crippen molar-refractivity contribution in [3.05, 3.63) is 35.9 Å². The van der Waals surface area contributed by atoms with Gasteiger partial charge in [0.15, 0.2) is 0 Å². The summed E-state index contributed by atoms with van der Waals surface area (Å²) in [5, 5.41) is 9.70. The molecule has 5 nitrogen and oxygen atoms in total. The summed E-state index contributed by atoms with van der Waals surface area (Å²) in [4.78, 5) is 28.5. The van der Waals surface area contributed by atoms with E-state index in [0.717, 1.165) is 5.56 Å². The van der Waals surface area contributed by atoms with Crippen LogP contribution in [0, 0.1) is 16.7 Å². The largest absolute Gasteiger partial charge is 0.332 e. The Hall–Kier alpha value is -2.35. The Labute approximate surface area is 130 Å². The molecule has 22 heavy (non-hydrogen) atoms. The van der Waals surface area contributed by atoms with Crippen LogP contribution in [-0.2, 0) is 9.59 Å². The van der Waals surface area contributed by atoms with Crippen LogP contribution in [-0.4, -0.2) is 40.7 Å². The number of carbonyl (C=O) groups is 2. The number of fused-ring (bicyclic) bond motifs is 1. The predicted molar refractivity (Wildman–Crippen MR) is 80.4 cm³/mol. The van der Waals surface area contributed by atoms with E-state index in [2.05, 4.69) is 6.07 Å². The van der Waals surface area contributed by atoms with E-state index in [1.807, 2.05) is 37.3 Å². The summed E-state index contributed by atoms with van der Waals surface area (Å²) < 4.78 is 0. The van der Waals surface area contributed by atoms with Crippen LogP contribution in [0.2, 0.25) is 0 Å². The van der Waals surface area contributed by atoms with Crippen LogP contribution >= 0.6 is 0 Å². The first-order valence-electron chi connectivity index (χ1n) is 7.46. The van der Waals surface area contributed by atoms with Gasteiger partial charge in [-0.05, 0) is 25.8 Å². The topological polar surface area (TPSA) is 64.4 Å². The number of likely N-dealkylation sites (N-methyl/N-ethyl adjacent to an activating group) is 1. The summed E-state index contributed by atoms with van der Waals surface area (Å²) in [5.41, 5.74) is 0.148. The molecule has 1 aromatic carbocycles. The average molecular weight is 297 g/mol. The summed E-state index contributed by atoms with van der Waals surface area (Å²) in [7, 11) is 1.65. The highest BCUT2D eigenvalue weighted by Gasteiger charge is 2.58. The number of hydrogen-bond acceptors (Lipinski definition) is 3. The number of amides is 2. The molecule has 3 rings (SSSR count). The van der Waals surface area contributed by atoms with E-state index in [1.165, 1.54) is 4.90 Å². The van der Waals surface area contributed by atoms with Crippen molar-refractivity contribution < 1.29 is 9.59 Å². The van der Waals surface area contributed by atoms with Gasteiger partial charge >= 0.3 is 0 Å². The normalized spacial score (nSPS) is 34.5. The van der Waals surface area contributed by atoms with Crippen LogP contribution in [0.25, 0.3) is 0 Å². The van der Waals surface area contributed by atoms with Crippen LogP contribution in [0.4, 0.5) is 0 Å². The number of piperazine rings is 1. The van der Waals surface area contributed by atoms with E-state index in [4.69, 9.17) is 0 Å². The van der Waals surface area contributed by atoms with Gasteiger partial charge in [0, 0.05) is 7.05 Å². The Balaban J connectivity index is 2.13. The molecule has 2 aliphatic rings. The zero-order valence-electron chi connectivity index (χ0n) is 13.0. The summed E-state index contributed by atoms with van der Waals surface area (Å²) in [5.74, 6) is -0.160. The first-order valence-corrected chi connectivity index (χ1v) is 7.46. The molecule has 0 radical (unpaired) electrons. The molecule has 2 saturated heterocycles. The van der Waals surface area contributed by atoms with Crippen molar-refractivity contribution in [3.8, 4) is 6.07 Å². The summed E-state index contributed by atoms with van der Waals surface area (Å²) in [6, 6.07) is 10.5. The van der Waals surface area contributed by atoms with Crippen molar-refractivity contribution in [3.63, 3.8) is 0 Å². The maximum atomic E-state index is 12.8. The number of nitriles is 1. The van der Waals surface area contributed by atoms with Crippen LogP contribution in [0.3, 0.4) is 0 Å². The van der Waals surface area contributed by atoms with Gasteiger partial charge < -0.3 is 9.80 Å². The highest BCUT2D eigenvalue weighted by Crippen LogP contribution is 2.51. The molecule has 5 heteroatoms. The van der Waals surface area contributed by atoms with Crippen LogP contribution < -0.4 is 0 Å². The average Bonchev–Trinajstić information content (AvgIpc) is 2.86. The maximum Gasteiger partial charge on any atom is 0.246 e. The van der Waals surface area contributed by atoms with Gasteiger partial charge in [0.05, 0.1) is 17.5 Å². The van der Waals surface area contributed by atoms with Crippen molar-refractivity contribution >= 4 is 11.8 Å². The second-order valence-corrected chi connectivity index (χ2v) is 6.43. The van der Waals surface area contributed by atoms with Crippen LogP contribution in [0.1, 0.15) is 31.9 Å². The second kappa shape index (κ2) is 4.84. The minimum atomic E-state index is -0.762. The fraction of sp³-hybridized carbons (Fsp3) is 0.471. The van der Waals surface area contributed by atoms with E-state index in [0.29, 0.717) is 6.42 Å². The van der Waals surface area contributed by atoms with E-state index in [9.17, 15) is 14.9 Å². The number of rotatable bonds is 1. The fourth-order valence-corrected chi connectivity index (χ4v) is 3.66. The van der Waals surface area contributed by atoms with Gasteiger partial charge in [0.2, 0.25) is 11.8 Å². The minimum absolute atomic E-state index is 0.0768. The Morgan fingerprint density at radius 1 is 1.23 bits per heavy atom. The molecule has 0 aliphatic carbocycles. The monoisotopic (exact) mass is 297 g/mol. The first kappa shape index (κ1) is 14.6. The predicted octanol–water partition coefficient (Wildman–Crippen LogP) is 1.72. The van der Waals surface area contributed by atoms with Crippen molar-refractivity contribution in [2.75, 3.05) is 7.05 Å². The van der Waals surface area contributed by atoms with Gasteiger partial charge in [-0.1, -0.05) is 30.3 Å². The smallest absolute Gasteiger partial charge is 0.246 e. The van der Waals surface area contributed by atoms with Crippen molar-refractivity contribution in [2.45, 2.75) is 38.4 Å². The number of hydrogen-bond donors (Lipinski definition) is 0. The Bertz CT molecular complexity index is 666. The number of carbonyl (C=O) groups excluding carboxylic acids is 2. The van der Waals surface area contributed by atoms with Crippen LogP contribution in [0.15, 0.2) is 30.3 Å². The summed E-state index contributed by atoms with van der Waals surface area (Å²) in [6.45, 7) is 3.58. The SMILES string of the molecule is C[C@@H]1C(=O)N2[C@@H](c3ccccc3)[C@@](C)(C#N)C[C@H]2C(=O)N1C. The van der Waals surface area contributed by atoms with Gasteiger partial charge in [0.1, 0.15) is 12.1 Å². The lowest BCUT2D eigenvalue weighted by Crippen LogP contribution is -2.60. The molecule has 0 saturated carbocycles. The quantitative estimate of drug-likeness (QED) is 0.793. The summed E-state index contributed by atoms with van der Waals surface area (Å²) in [6.07, 6.45) is 0.380. The lowest BCUT2D eigenvalue weighted by molar-refractivity contribution is -0.159. The third-order valence-corrected chi connectivity index (χ3v) is 5.03. The zero-order chi connectivity index (χ0) is 16.1. The molecule has 2 aliphatic heterocycles. The van der Waals surface area contributed by atoms with E-state index < -0.39 is 17.5 Å². The fourth-order valence-electron chi connectivity index (χ4n) is 3.66. The second-order valence-electron chi connectivity index (χ2n) is 6.43. The molecule has 0 bridgehead atoms. The molecule has 0 N–H and O–H groups in total. The molecule has 0 aromatic heterocycles. The summed E-state index contributed by atoms with van der Waals surface area (Å²) >= 11 is 0. The number of benzene rings is 1. The van der Waals surface area contributed by atoms with E-state index in [1.54, 1.807) is 18.9 Å².